The van der Waals surface area contributed by atoms with Crippen molar-refractivity contribution in [2.24, 2.45) is 0 Å². The van der Waals surface area contributed by atoms with Crippen LogP contribution in [0.3, 0.4) is 0 Å². The molecule has 0 saturated carbocycles. The van der Waals surface area contributed by atoms with Crippen molar-refractivity contribution in [2.75, 3.05) is 12.9 Å². The SMILES string of the molecule is CCOP1(=O)Oc2ccccc2C(OS(C)(=O)=O)=C1c1ccc(Cl)cc1. The van der Waals surface area contributed by atoms with Gasteiger partial charge in [-0.25, -0.2) is 4.57 Å². The summed E-state index contributed by atoms with van der Waals surface area (Å²) in [6.45, 7) is 1.77. The highest BCUT2D eigenvalue weighted by Crippen LogP contribution is 2.66. The van der Waals surface area contributed by atoms with Crippen LogP contribution in [0.4, 0.5) is 0 Å². The topological polar surface area (TPSA) is 78.9 Å². The van der Waals surface area contributed by atoms with Crippen LogP contribution in [-0.4, -0.2) is 21.3 Å². The summed E-state index contributed by atoms with van der Waals surface area (Å²) in [5, 5.41) is 0.517. The van der Waals surface area contributed by atoms with Crippen molar-refractivity contribution >= 4 is 40.4 Å². The molecule has 3 rings (SSSR count). The quantitative estimate of drug-likeness (QED) is 0.518. The fraction of sp³-hybridized carbons (Fsp3) is 0.176. The first-order chi connectivity index (χ1) is 12.2. The molecule has 9 heteroatoms. The maximum absolute atomic E-state index is 13.5. The molecule has 0 spiro atoms. The molecule has 1 heterocycles. The van der Waals surface area contributed by atoms with Gasteiger partial charge < -0.3 is 8.71 Å². The molecule has 2 aromatic rings. The predicted octanol–water partition coefficient (Wildman–Crippen LogP) is 4.76. The second kappa shape index (κ2) is 7.08. The molecule has 26 heavy (non-hydrogen) atoms. The minimum atomic E-state index is -3.90. The summed E-state index contributed by atoms with van der Waals surface area (Å²) < 4.78 is 53.6. The lowest BCUT2D eigenvalue weighted by Crippen LogP contribution is -2.13. The lowest BCUT2D eigenvalue weighted by molar-refractivity contribution is 0.288. The summed E-state index contributed by atoms with van der Waals surface area (Å²) in [6, 6.07) is 13.0. The molecule has 0 aliphatic carbocycles. The van der Waals surface area contributed by atoms with Crippen molar-refractivity contribution in [3.8, 4) is 5.75 Å². The van der Waals surface area contributed by atoms with E-state index in [2.05, 4.69) is 0 Å². The Kier molecular flexibility index (Phi) is 5.17. The Morgan fingerprint density at radius 1 is 1.12 bits per heavy atom. The van der Waals surface area contributed by atoms with Crippen LogP contribution in [-0.2, 0) is 23.4 Å². The van der Waals surface area contributed by atoms with Gasteiger partial charge in [0, 0.05) is 5.02 Å². The number of hydrogen-bond donors (Lipinski definition) is 0. The molecule has 0 amide bonds. The Bertz CT molecular complexity index is 1010. The van der Waals surface area contributed by atoms with Gasteiger partial charge in [0.2, 0.25) is 0 Å². The van der Waals surface area contributed by atoms with Crippen LogP contribution in [0.25, 0.3) is 11.1 Å². The number of rotatable bonds is 5. The second-order valence-corrected chi connectivity index (χ2v) is 9.37. The third-order valence-corrected chi connectivity index (χ3v) is 6.26. The highest BCUT2D eigenvalue weighted by atomic mass is 35.5. The zero-order valence-electron chi connectivity index (χ0n) is 14.0. The summed E-state index contributed by atoms with van der Waals surface area (Å²) in [5.74, 6) is 0.147. The van der Waals surface area contributed by atoms with E-state index < -0.39 is 17.7 Å². The van der Waals surface area contributed by atoms with Crippen molar-refractivity contribution in [3.05, 3.63) is 64.7 Å². The van der Waals surface area contributed by atoms with Crippen LogP contribution >= 0.6 is 19.2 Å². The van der Waals surface area contributed by atoms with Gasteiger partial charge in [-0.2, -0.15) is 8.42 Å². The highest BCUT2D eigenvalue weighted by molar-refractivity contribution is 7.86. The van der Waals surface area contributed by atoms with Crippen LogP contribution < -0.4 is 4.52 Å². The van der Waals surface area contributed by atoms with E-state index >= 15 is 0 Å². The van der Waals surface area contributed by atoms with Crippen molar-refractivity contribution in [1.29, 1.82) is 0 Å². The Morgan fingerprint density at radius 2 is 1.77 bits per heavy atom. The maximum Gasteiger partial charge on any atom is 0.415 e. The highest BCUT2D eigenvalue weighted by Gasteiger charge is 2.43. The number of fused-ring (bicyclic) bond motifs is 1. The molecule has 1 atom stereocenters. The van der Waals surface area contributed by atoms with E-state index in [9.17, 15) is 13.0 Å². The molecule has 0 radical (unpaired) electrons. The summed E-state index contributed by atoms with van der Waals surface area (Å²) in [6.07, 6.45) is 0.920. The zero-order valence-corrected chi connectivity index (χ0v) is 16.5. The summed E-state index contributed by atoms with van der Waals surface area (Å²) in [5.41, 5.74) is 0.799. The van der Waals surface area contributed by atoms with Gasteiger partial charge in [0.15, 0.2) is 5.76 Å². The number of benzene rings is 2. The van der Waals surface area contributed by atoms with E-state index in [1.165, 1.54) is 0 Å². The first kappa shape index (κ1) is 19.0. The molecule has 0 saturated heterocycles. The maximum atomic E-state index is 13.5. The third kappa shape index (κ3) is 3.81. The van der Waals surface area contributed by atoms with Crippen molar-refractivity contribution in [3.63, 3.8) is 0 Å². The van der Waals surface area contributed by atoms with Crippen LogP contribution in [0.5, 0.6) is 5.75 Å². The molecule has 0 fully saturated rings. The van der Waals surface area contributed by atoms with Gasteiger partial charge in [-0.1, -0.05) is 35.9 Å². The molecule has 1 aliphatic heterocycles. The second-order valence-electron chi connectivity index (χ2n) is 5.47. The summed E-state index contributed by atoms with van der Waals surface area (Å²) in [7, 11) is -7.78. The van der Waals surface area contributed by atoms with Gasteiger partial charge in [-0.3, -0.25) is 4.52 Å². The van der Waals surface area contributed by atoms with Gasteiger partial charge in [0.05, 0.1) is 18.4 Å². The van der Waals surface area contributed by atoms with E-state index in [0.717, 1.165) is 6.26 Å². The minimum Gasteiger partial charge on any atom is -0.420 e. The van der Waals surface area contributed by atoms with Crippen molar-refractivity contribution in [2.45, 2.75) is 6.92 Å². The van der Waals surface area contributed by atoms with Gasteiger partial charge in [-0.15, -0.1) is 0 Å². The molecular formula is C17H16ClO6PS. The largest absolute Gasteiger partial charge is 0.420 e. The molecule has 1 aliphatic rings. The average molecular weight is 415 g/mol. The van der Waals surface area contributed by atoms with Crippen LogP contribution in [0.1, 0.15) is 18.1 Å². The molecule has 1 unspecified atom stereocenters. The first-order valence-electron chi connectivity index (χ1n) is 7.67. The Balaban J connectivity index is 2.36. The van der Waals surface area contributed by atoms with E-state index in [1.54, 1.807) is 55.5 Å². The van der Waals surface area contributed by atoms with Crippen LogP contribution in [0, 0.1) is 0 Å². The number of para-hydroxylation sites is 1. The lowest BCUT2D eigenvalue weighted by atomic mass is 10.1. The number of hydrogen-bond acceptors (Lipinski definition) is 6. The molecule has 138 valence electrons. The summed E-state index contributed by atoms with van der Waals surface area (Å²) in [4.78, 5) is 0. The molecule has 0 N–H and O–H groups in total. The summed E-state index contributed by atoms with van der Waals surface area (Å²) >= 11 is 5.93. The monoisotopic (exact) mass is 414 g/mol. The van der Waals surface area contributed by atoms with Crippen LogP contribution in [0.2, 0.25) is 5.02 Å². The van der Waals surface area contributed by atoms with Gasteiger partial charge >= 0.3 is 17.7 Å². The Labute approximate surface area is 157 Å². The van der Waals surface area contributed by atoms with E-state index in [1.807, 2.05) is 0 Å². The third-order valence-electron chi connectivity index (χ3n) is 3.49. The Hall–Kier alpha value is -1.79. The molecular weight excluding hydrogens is 399 g/mol. The fourth-order valence-corrected chi connectivity index (χ4v) is 5.13. The van der Waals surface area contributed by atoms with E-state index in [0.29, 0.717) is 16.1 Å². The van der Waals surface area contributed by atoms with Crippen LogP contribution in [0.15, 0.2) is 48.5 Å². The molecule has 6 nitrogen and oxygen atoms in total. The van der Waals surface area contributed by atoms with E-state index in [4.69, 9.17) is 24.8 Å². The molecule has 0 aromatic heterocycles. The van der Waals surface area contributed by atoms with Gasteiger partial charge in [0.1, 0.15) is 11.1 Å². The lowest BCUT2D eigenvalue weighted by Gasteiger charge is -2.29. The first-order valence-corrected chi connectivity index (χ1v) is 11.4. The number of halogens is 1. The molecule has 2 aromatic carbocycles. The standard InChI is InChI=1S/C17H16ClO6PS/c1-3-22-25(19)17(12-8-10-13(18)11-9-12)16(24-26(2,20)21)14-6-4-5-7-15(14)23-25/h4-11H,3H2,1-2H3. The smallest absolute Gasteiger partial charge is 0.415 e. The zero-order chi connectivity index (χ0) is 18.9. The van der Waals surface area contributed by atoms with E-state index in [-0.39, 0.29) is 23.4 Å². The van der Waals surface area contributed by atoms with Crippen molar-refractivity contribution < 1.29 is 26.2 Å². The van der Waals surface area contributed by atoms with Gasteiger partial charge in [0.25, 0.3) is 0 Å². The Morgan fingerprint density at radius 3 is 2.38 bits per heavy atom. The average Bonchev–Trinajstić information content (AvgIpc) is 2.55. The fourth-order valence-electron chi connectivity index (χ4n) is 2.55. The van der Waals surface area contributed by atoms with Gasteiger partial charge in [-0.05, 0) is 36.8 Å². The normalized spacial score (nSPS) is 19.7. The minimum absolute atomic E-state index is 0.0418. The predicted molar refractivity (Wildman–Crippen MR) is 100 cm³/mol. The van der Waals surface area contributed by atoms with Crippen molar-refractivity contribution in [1.82, 2.24) is 0 Å². The molecule has 0 bridgehead atoms.